The van der Waals surface area contributed by atoms with Crippen molar-refractivity contribution in [2.75, 3.05) is 0 Å². The van der Waals surface area contributed by atoms with Crippen LogP contribution in [0.4, 0.5) is 8.78 Å². The van der Waals surface area contributed by atoms with E-state index in [0.717, 1.165) is 19.5 Å². The molecule has 0 radical (unpaired) electrons. The van der Waals surface area contributed by atoms with E-state index in [-0.39, 0.29) is 11.6 Å². The molecule has 0 N–H and O–H groups in total. The van der Waals surface area contributed by atoms with Crippen molar-refractivity contribution in [1.82, 2.24) is 0 Å². The minimum absolute atomic E-state index is 0.322. The molecule has 1 fully saturated rings. The lowest BCUT2D eigenvalue weighted by atomic mass is 9.90. The van der Waals surface area contributed by atoms with Gasteiger partial charge >= 0.3 is 0 Å². The van der Waals surface area contributed by atoms with Gasteiger partial charge in [0.25, 0.3) is 0 Å². The van der Waals surface area contributed by atoms with Crippen molar-refractivity contribution in [1.29, 1.82) is 0 Å². The van der Waals surface area contributed by atoms with Gasteiger partial charge in [0, 0.05) is 29.3 Å². The molecule has 4 aromatic rings. The van der Waals surface area contributed by atoms with Crippen LogP contribution in [0.15, 0.2) is 36.4 Å². The molecule has 1 saturated carbocycles. The lowest BCUT2D eigenvalue weighted by molar-refractivity contribution is 0.459. The minimum Gasteiger partial charge on any atom is -0.205 e. The van der Waals surface area contributed by atoms with Crippen molar-refractivity contribution in [3.8, 4) is 29.3 Å². The molecule has 1 aliphatic rings. The summed E-state index contributed by atoms with van der Waals surface area (Å²) in [5.41, 5.74) is 0. The fourth-order valence-electron chi connectivity index (χ4n) is 4.53. The van der Waals surface area contributed by atoms with Crippen LogP contribution in [0.1, 0.15) is 80.4 Å². The van der Waals surface area contributed by atoms with Gasteiger partial charge in [-0.1, -0.05) is 46.0 Å². The van der Waals surface area contributed by atoms with Crippen LogP contribution in [0.5, 0.6) is 0 Å². The van der Waals surface area contributed by atoms with Gasteiger partial charge in [-0.25, -0.2) is 8.78 Å². The van der Waals surface area contributed by atoms with Crippen molar-refractivity contribution in [2.24, 2.45) is 0 Å². The van der Waals surface area contributed by atoms with E-state index in [1.807, 2.05) is 6.07 Å². The topological polar surface area (TPSA) is 0 Å². The second-order valence-electron chi connectivity index (χ2n) is 9.18. The van der Waals surface area contributed by atoms with Gasteiger partial charge in [-0.3, -0.25) is 0 Å². The highest BCUT2D eigenvalue weighted by atomic mass is 32.1. The number of hydrogen-bond acceptors (Lipinski definition) is 4. The molecule has 5 rings (SSSR count). The second kappa shape index (κ2) is 10.1. The standard InChI is InChI=1S/C27H28F2S4/c1-16(2)20-10-12-22(30-20)24-14-18(28)26(32-24)27-19(29)15-25(33-27)23-13-11-21(31-23)17-8-6-4-3-5-7-9-17/h10-17H,3-9H2,1-2H3. The van der Waals surface area contributed by atoms with Gasteiger partial charge in [-0.2, -0.15) is 0 Å². The summed E-state index contributed by atoms with van der Waals surface area (Å²) in [6, 6.07) is 11.7. The maximum absolute atomic E-state index is 15.0. The Kier molecular flexibility index (Phi) is 7.17. The largest absolute Gasteiger partial charge is 0.205 e. The van der Waals surface area contributed by atoms with E-state index in [2.05, 4.69) is 32.0 Å². The van der Waals surface area contributed by atoms with Gasteiger partial charge in [0.15, 0.2) is 0 Å². The average Bonchev–Trinajstić information content (AvgIpc) is 3.53. The van der Waals surface area contributed by atoms with Gasteiger partial charge in [-0.05, 0) is 61.1 Å². The number of rotatable bonds is 5. The summed E-state index contributed by atoms with van der Waals surface area (Å²) < 4.78 is 29.9. The first-order valence-corrected chi connectivity index (χ1v) is 15.1. The van der Waals surface area contributed by atoms with Gasteiger partial charge in [-0.15, -0.1) is 45.3 Å². The zero-order valence-electron chi connectivity index (χ0n) is 19.0. The van der Waals surface area contributed by atoms with Crippen LogP contribution >= 0.6 is 45.3 Å². The Morgan fingerprint density at radius 3 is 1.79 bits per heavy atom. The third-order valence-electron chi connectivity index (χ3n) is 6.40. The summed E-state index contributed by atoms with van der Waals surface area (Å²) in [5, 5.41) is 0. The van der Waals surface area contributed by atoms with Crippen molar-refractivity contribution in [2.45, 2.75) is 70.6 Å². The first kappa shape index (κ1) is 23.4. The highest BCUT2D eigenvalue weighted by Crippen LogP contribution is 2.47. The zero-order valence-corrected chi connectivity index (χ0v) is 22.2. The summed E-state index contributed by atoms with van der Waals surface area (Å²) in [6.45, 7) is 4.32. The van der Waals surface area contributed by atoms with E-state index < -0.39 is 0 Å². The molecule has 0 amide bonds. The van der Waals surface area contributed by atoms with Gasteiger partial charge in [0.2, 0.25) is 0 Å². The van der Waals surface area contributed by atoms with E-state index in [1.165, 1.54) is 77.4 Å². The van der Waals surface area contributed by atoms with Gasteiger partial charge < -0.3 is 0 Å². The molecule has 0 aliphatic heterocycles. The van der Waals surface area contributed by atoms with Crippen molar-refractivity contribution >= 4 is 45.3 Å². The Morgan fingerprint density at radius 2 is 1.21 bits per heavy atom. The first-order valence-electron chi connectivity index (χ1n) is 11.8. The highest BCUT2D eigenvalue weighted by molar-refractivity contribution is 7.28. The molecule has 0 aromatic carbocycles. The number of hydrogen-bond donors (Lipinski definition) is 0. The minimum atomic E-state index is -0.330. The normalized spacial score (nSPS) is 15.8. The molecule has 0 bridgehead atoms. The predicted octanol–water partition coefficient (Wildman–Crippen LogP) is 11.2. The highest BCUT2D eigenvalue weighted by Gasteiger charge is 2.22. The van der Waals surface area contributed by atoms with E-state index in [0.29, 0.717) is 21.6 Å². The monoisotopic (exact) mass is 518 g/mol. The van der Waals surface area contributed by atoms with Crippen LogP contribution in [0.25, 0.3) is 29.3 Å². The van der Waals surface area contributed by atoms with Crippen LogP contribution in [-0.2, 0) is 0 Å². The quantitative estimate of drug-likeness (QED) is 0.246. The van der Waals surface area contributed by atoms with E-state index in [4.69, 9.17) is 0 Å². The van der Waals surface area contributed by atoms with E-state index in [1.54, 1.807) is 34.8 Å². The maximum Gasteiger partial charge on any atom is 0.143 e. The van der Waals surface area contributed by atoms with Crippen molar-refractivity contribution in [3.05, 3.63) is 57.8 Å². The summed E-state index contributed by atoms with van der Waals surface area (Å²) >= 11 is 6.21. The summed E-state index contributed by atoms with van der Waals surface area (Å²) in [6.07, 6.45) is 9.17. The Balaban J connectivity index is 1.40. The number of halogens is 2. The summed E-state index contributed by atoms with van der Waals surface area (Å²) in [4.78, 5) is 7.45. The Labute approximate surface area is 211 Å². The molecule has 0 saturated heterocycles. The van der Waals surface area contributed by atoms with Crippen LogP contribution < -0.4 is 0 Å². The summed E-state index contributed by atoms with van der Waals surface area (Å²) in [5.74, 6) is 0.427. The van der Waals surface area contributed by atoms with Crippen molar-refractivity contribution in [3.63, 3.8) is 0 Å². The molecule has 174 valence electrons. The Morgan fingerprint density at radius 1 is 0.667 bits per heavy atom. The third-order valence-corrected chi connectivity index (χ3v) is 11.8. The maximum atomic E-state index is 15.0. The van der Waals surface area contributed by atoms with Gasteiger partial charge in [0.1, 0.15) is 11.6 Å². The fraction of sp³-hybridized carbons (Fsp3) is 0.407. The van der Waals surface area contributed by atoms with E-state index in [9.17, 15) is 4.39 Å². The van der Waals surface area contributed by atoms with Crippen LogP contribution in [0.2, 0.25) is 0 Å². The lowest BCUT2D eigenvalue weighted by Crippen LogP contribution is -2.00. The van der Waals surface area contributed by atoms with Crippen LogP contribution in [0.3, 0.4) is 0 Å². The third kappa shape index (κ3) is 5.04. The predicted molar refractivity (Wildman–Crippen MR) is 143 cm³/mol. The summed E-state index contributed by atoms with van der Waals surface area (Å²) in [7, 11) is 0. The fourth-order valence-corrected chi connectivity index (χ4v) is 9.09. The van der Waals surface area contributed by atoms with Crippen LogP contribution in [0, 0.1) is 11.6 Å². The smallest absolute Gasteiger partial charge is 0.143 e. The molecule has 0 unspecified atom stereocenters. The molecule has 0 spiro atoms. The molecular formula is C27H28F2S4. The Bertz CT molecular complexity index is 1210. The molecular weight excluding hydrogens is 491 g/mol. The molecule has 33 heavy (non-hydrogen) atoms. The SMILES string of the molecule is CC(C)c1ccc(-c2cc(F)c(-c3sc(-c4ccc(C5CCCCCCC5)s4)cc3F)s2)s1. The molecule has 0 atom stereocenters. The molecule has 4 aromatic heterocycles. The van der Waals surface area contributed by atoms with Crippen LogP contribution in [-0.4, -0.2) is 0 Å². The zero-order chi connectivity index (χ0) is 22.9. The van der Waals surface area contributed by atoms with Gasteiger partial charge in [0.05, 0.1) is 9.75 Å². The molecule has 6 heteroatoms. The Hall–Kier alpha value is -1.34. The first-order chi connectivity index (χ1) is 16.0. The molecule has 1 aliphatic carbocycles. The number of thiophene rings is 4. The van der Waals surface area contributed by atoms with Crippen molar-refractivity contribution < 1.29 is 8.78 Å². The second-order valence-corrected chi connectivity index (χ2v) is 13.5. The lowest BCUT2D eigenvalue weighted by Gasteiger charge is -2.18. The molecule has 0 nitrogen and oxygen atoms in total. The average molecular weight is 519 g/mol. The molecule has 4 heterocycles. The van der Waals surface area contributed by atoms with E-state index >= 15 is 4.39 Å².